The van der Waals surface area contributed by atoms with Gasteiger partial charge in [-0.15, -0.1) is 0 Å². The highest BCUT2D eigenvalue weighted by Crippen LogP contribution is 2.30. The summed E-state index contributed by atoms with van der Waals surface area (Å²) in [6.07, 6.45) is 1.27. The number of anilines is 1. The van der Waals surface area contributed by atoms with Gasteiger partial charge in [0.05, 0.1) is 17.6 Å². The third-order valence-electron chi connectivity index (χ3n) is 3.33. The van der Waals surface area contributed by atoms with Crippen LogP contribution in [0.2, 0.25) is 0 Å². The number of rotatable bonds is 5. The van der Waals surface area contributed by atoms with Crippen molar-refractivity contribution in [2.24, 2.45) is 4.99 Å². The zero-order valence-electron chi connectivity index (χ0n) is 14.2. The lowest BCUT2D eigenvalue weighted by molar-refractivity contribution is -0.122. The minimum absolute atomic E-state index is 0.226. The average molecular weight is 361 g/mol. The summed E-state index contributed by atoms with van der Waals surface area (Å²) >= 11 is 1.19. The van der Waals surface area contributed by atoms with Gasteiger partial charge in [-0.3, -0.25) is 19.5 Å². The highest BCUT2D eigenvalue weighted by Gasteiger charge is 2.32. The first kappa shape index (κ1) is 18.7. The van der Waals surface area contributed by atoms with Crippen molar-refractivity contribution in [3.63, 3.8) is 0 Å². The van der Waals surface area contributed by atoms with Crippen LogP contribution in [0.1, 0.15) is 24.2 Å². The van der Waals surface area contributed by atoms with Gasteiger partial charge in [0, 0.05) is 24.9 Å². The van der Waals surface area contributed by atoms with Crippen LogP contribution in [0.25, 0.3) is 0 Å². The molecule has 0 atom stereocenters. The normalized spacial score (nSPS) is 17.2. The molecule has 0 unspecified atom stereocenters. The summed E-state index contributed by atoms with van der Waals surface area (Å²) in [4.78, 5) is 42.0. The summed E-state index contributed by atoms with van der Waals surface area (Å²) in [6, 6.07) is 6.28. The fourth-order valence-corrected chi connectivity index (χ4v) is 3.22. The molecule has 1 fully saturated rings. The van der Waals surface area contributed by atoms with Crippen molar-refractivity contribution in [3.8, 4) is 0 Å². The van der Waals surface area contributed by atoms with E-state index in [0.717, 1.165) is 0 Å². The van der Waals surface area contributed by atoms with Crippen LogP contribution in [0, 0.1) is 0 Å². The number of nitrogens with one attached hydrogen (secondary N) is 1. The number of esters is 1. The molecule has 1 saturated heterocycles. The third kappa shape index (κ3) is 4.48. The number of aliphatic imine (C=N–C) groups is 1. The van der Waals surface area contributed by atoms with Crippen molar-refractivity contribution in [3.05, 3.63) is 40.8 Å². The molecule has 2 rings (SSSR count). The van der Waals surface area contributed by atoms with Gasteiger partial charge in [0.25, 0.3) is 5.91 Å². The summed E-state index contributed by atoms with van der Waals surface area (Å²) in [5.74, 6) is -1.10. The minimum Gasteiger partial charge on any atom is -0.465 e. The van der Waals surface area contributed by atoms with Crippen molar-refractivity contribution in [1.82, 2.24) is 4.90 Å². The molecule has 7 nitrogen and oxygen atoms in total. The molecule has 1 heterocycles. The number of benzene rings is 1. The molecule has 2 amide bonds. The predicted molar refractivity (Wildman–Crippen MR) is 97.4 cm³/mol. The number of nitrogens with zero attached hydrogens (tertiary/aromatic N) is 2. The molecule has 0 saturated carbocycles. The Labute approximate surface area is 150 Å². The fraction of sp³-hybridized carbons (Fsp3) is 0.294. The number of carbonyl (C=O) groups is 3. The van der Waals surface area contributed by atoms with E-state index in [4.69, 9.17) is 0 Å². The standard InChI is InChI=1S/C17H19N3O4S/c1-4-18-17-20(5-2)15(22)13(25-17)10-14(21)19-12-8-6-11(7-9-12)16(23)24-3/h6-10H,4-5H2,1-3H3,(H,19,21)/b13-10-,18-17?. The molecular weight excluding hydrogens is 342 g/mol. The van der Waals surface area contributed by atoms with Crippen LogP contribution in [-0.2, 0) is 14.3 Å². The Hall–Kier alpha value is -2.61. The Bertz CT molecular complexity index is 741. The molecule has 1 N–H and O–H groups in total. The summed E-state index contributed by atoms with van der Waals surface area (Å²) < 4.78 is 4.62. The molecule has 1 aliphatic heterocycles. The second kappa shape index (κ2) is 8.48. The summed E-state index contributed by atoms with van der Waals surface area (Å²) in [5.41, 5.74) is 0.902. The number of methoxy groups -OCH3 is 1. The highest BCUT2D eigenvalue weighted by molar-refractivity contribution is 8.18. The van der Waals surface area contributed by atoms with Gasteiger partial charge in [-0.05, 0) is 49.9 Å². The summed E-state index contributed by atoms with van der Waals surface area (Å²) in [6.45, 7) is 4.81. The number of thioether (sulfide) groups is 1. The molecule has 1 aromatic carbocycles. The zero-order chi connectivity index (χ0) is 18.4. The largest absolute Gasteiger partial charge is 0.465 e. The molecule has 1 aromatic rings. The van der Waals surface area contributed by atoms with Gasteiger partial charge < -0.3 is 10.1 Å². The first-order chi connectivity index (χ1) is 12.0. The van der Waals surface area contributed by atoms with Crippen LogP contribution in [-0.4, -0.2) is 48.1 Å². The Morgan fingerprint density at radius 3 is 2.52 bits per heavy atom. The van der Waals surface area contributed by atoms with Crippen molar-refractivity contribution >= 4 is 40.4 Å². The van der Waals surface area contributed by atoms with Gasteiger partial charge in [-0.1, -0.05) is 0 Å². The lowest BCUT2D eigenvalue weighted by Gasteiger charge is -2.11. The monoisotopic (exact) mass is 361 g/mol. The number of likely N-dealkylation sites (N-methyl/N-ethyl adjacent to an activating group) is 1. The van der Waals surface area contributed by atoms with E-state index < -0.39 is 11.9 Å². The number of amidine groups is 1. The quantitative estimate of drug-likeness (QED) is 0.642. The van der Waals surface area contributed by atoms with Crippen LogP contribution in [0.5, 0.6) is 0 Å². The molecular formula is C17H19N3O4S. The minimum atomic E-state index is -0.449. The molecule has 0 spiro atoms. The summed E-state index contributed by atoms with van der Waals surface area (Å²) in [5, 5.41) is 3.27. The van der Waals surface area contributed by atoms with Gasteiger partial charge in [0.1, 0.15) is 0 Å². The SMILES string of the molecule is CCN=C1S/C(=C\C(=O)Nc2ccc(C(=O)OC)cc2)C(=O)N1CC. The molecule has 1 aliphatic rings. The molecule has 0 aliphatic carbocycles. The Balaban J connectivity index is 2.09. The van der Waals surface area contributed by atoms with E-state index in [1.54, 1.807) is 29.2 Å². The maximum atomic E-state index is 12.3. The average Bonchev–Trinajstić information content (AvgIpc) is 2.89. The van der Waals surface area contributed by atoms with Crippen LogP contribution in [0.15, 0.2) is 40.2 Å². The Kier molecular flexibility index (Phi) is 6.35. The second-order valence-corrected chi connectivity index (χ2v) is 5.98. The number of carbonyl (C=O) groups excluding carboxylic acids is 3. The topological polar surface area (TPSA) is 88.1 Å². The smallest absolute Gasteiger partial charge is 0.337 e. The number of hydrogen-bond acceptors (Lipinski definition) is 6. The molecule has 8 heteroatoms. The highest BCUT2D eigenvalue weighted by atomic mass is 32.2. The van der Waals surface area contributed by atoms with Crippen LogP contribution < -0.4 is 5.32 Å². The van der Waals surface area contributed by atoms with E-state index in [-0.39, 0.29) is 5.91 Å². The van der Waals surface area contributed by atoms with Crippen LogP contribution in [0.3, 0.4) is 0 Å². The van der Waals surface area contributed by atoms with E-state index in [0.29, 0.717) is 34.4 Å². The molecule has 25 heavy (non-hydrogen) atoms. The lowest BCUT2D eigenvalue weighted by atomic mass is 10.2. The Morgan fingerprint density at radius 2 is 1.96 bits per heavy atom. The first-order valence-corrected chi connectivity index (χ1v) is 8.57. The van der Waals surface area contributed by atoms with Gasteiger partial charge in [0.2, 0.25) is 5.91 Å². The van der Waals surface area contributed by atoms with Gasteiger partial charge in [0.15, 0.2) is 5.17 Å². The lowest BCUT2D eigenvalue weighted by Crippen LogP contribution is -2.29. The summed E-state index contributed by atoms with van der Waals surface area (Å²) in [7, 11) is 1.30. The van der Waals surface area contributed by atoms with E-state index in [1.165, 1.54) is 24.9 Å². The van der Waals surface area contributed by atoms with Gasteiger partial charge in [-0.2, -0.15) is 0 Å². The number of amides is 2. The Morgan fingerprint density at radius 1 is 1.28 bits per heavy atom. The van der Waals surface area contributed by atoms with E-state index >= 15 is 0 Å². The number of hydrogen-bond donors (Lipinski definition) is 1. The van der Waals surface area contributed by atoms with E-state index in [2.05, 4.69) is 15.0 Å². The van der Waals surface area contributed by atoms with Crippen LogP contribution >= 0.6 is 11.8 Å². The fourth-order valence-electron chi connectivity index (χ4n) is 2.14. The molecule has 132 valence electrons. The van der Waals surface area contributed by atoms with Crippen LogP contribution in [0.4, 0.5) is 5.69 Å². The van der Waals surface area contributed by atoms with Gasteiger partial charge in [-0.25, -0.2) is 4.79 Å². The number of ether oxygens (including phenoxy) is 1. The zero-order valence-corrected chi connectivity index (χ0v) is 15.1. The maximum Gasteiger partial charge on any atom is 0.337 e. The van der Waals surface area contributed by atoms with Crippen molar-refractivity contribution < 1.29 is 19.1 Å². The second-order valence-electron chi connectivity index (χ2n) is 4.98. The van der Waals surface area contributed by atoms with Crippen molar-refractivity contribution in [2.45, 2.75) is 13.8 Å². The molecule has 0 aromatic heterocycles. The third-order valence-corrected chi connectivity index (χ3v) is 4.38. The first-order valence-electron chi connectivity index (χ1n) is 7.75. The molecule has 0 bridgehead atoms. The van der Waals surface area contributed by atoms with E-state index in [1.807, 2.05) is 13.8 Å². The maximum absolute atomic E-state index is 12.3. The van der Waals surface area contributed by atoms with E-state index in [9.17, 15) is 14.4 Å². The molecule has 0 radical (unpaired) electrons. The van der Waals surface area contributed by atoms with Gasteiger partial charge >= 0.3 is 5.97 Å². The van der Waals surface area contributed by atoms with Crippen molar-refractivity contribution in [2.75, 3.05) is 25.5 Å². The van der Waals surface area contributed by atoms with Crippen molar-refractivity contribution in [1.29, 1.82) is 0 Å². The predicted octanol–water partition coefficient (Wildman–Crippen LogP) is 2.27.